The fourth-order valence-corrected chi connectivity index (χ4v) is 2.06. The highest BCUT2D eigenvalue weighted by molar-refractivity contribution is 6.18. The lowest BCUT2D eigenvalue weighted by molar-refractivity contribution is 0.129. The van der Waals surface area contributed by atoms with Crippen molar-refractivity contribution in [3.63, 3.8) is 0 Å². The summed E-state index contributed by atoms with van der Waals surface area (Å²) in [6, 6.07) is 0. The molecule has 1 N–H and O–H groups in total. The lowest BCUT2D eigenvalue weighted by Crippen LogP contribution is -2.36. The Hall–Kier alpha value is 0.210. The summed E-state index contributed by atoms with van der Waals surface area (Å²) in [5.74, 6) is 0.740. The minimum atomic E-state index is 0.269. The molecule has 98 valence electrons. The Labute approximate surface area is 106 Å². The van der Waals surface area contributed by atoms with Crippen molar-refractivity contribution >= 4 is 11.6 Å². The number of rotatable bonds is 11. The summed E-state index contributed by atoms with van der Waals surface area (Å²) < 4.78 is 5.49. The van der Waals surface area contributed by atoms with Gasteiger partial charge >= 0.3 is 0 Å². The number of ether oxygens (including phenoxy) is 1. The fourth-order valence-electron chi connectivity index (χ4n) is 1.58. The minimum Gasteiger partial charge on any atom is -0.380 e. The topological polar surface area (TPSA) is 21.3 Å². The zero-order chi connectivity index (χ0) is 12.3. The molecule has 0 aliphatic heterocycles. The average molecular weight is 250 g/mol. The largest absolute Gasteiger partial charge is 0.380 e. The first kappa shape index (κ1) is 16.2. The van der Waals surface area contributed by atoms with Gasteiger partial charge in [-0.25, -0.2) is 0 Å². The Morgan fingerprint density at radius 3 is 2.31 bits per heavy atom. The van der Waals surface area contributed by atoms with Crippen molar-refractivity contribution in [1.82, 2.24) is 5.32 Å². The highest BCUT2D eigenvalue weighted by Crippen LogP contribution is 2.26. The molecule has 0 aliphatic carbocycles. The number of hydrogen-bond acceptors (Lipinski definition) is 2. The van der Waals surface area contributed by atoms with Crippen LogP contribution in [0.15, 0.2) is 0 Å². The van der Waals surface area contributed by atoms with E-state index in [9.17, 15) is 0 Å². The minimum absolute atomic E-state index is 0.269. The van der Waals surface area contributed by atoms with E-state index >= 15 is 0 Å². The van der Waals surface area contributed by atoms with Crippen molar-refractivity contribution in [3.05, 3.63) is 0 Å². The Kier molecular flexibility index (Phi) is 10.5. The standard InChI is InChI=1S/C13H28ClNO/c1-4-7-9-16-10-8-15-12-13(5-2,6-3)11-14/h15H,4-12H2,1-3H3. The zero-order valence-electron chi connectivity index (χ0n) is 11.2. The highest BCUT2D eigenvalue weighted by Gasteiger charge is 2.24. The van der Waals surface area contributed by atoms with Gasteiger partial charge in [-0.1, -0.05) is 27.2 Å². The van der Waals surface area contributed by atoms with Crippen molar-refractivity contribution in [3.8, 4) is 0 Å². The van der Waals surface area contributed by atoms with E-state index in [1.807, 2.05) is 0 Å². The van der Waals surface area contributed by atoms with Crippen LogP contribution in [0.1, 0.15) is 46.5 Å². The summed E-state index contributed by atoms with van der Waals surface area (Å²) in [7, 11) is 0. The predicted octanol–water partition coefficient (Wildman–Crippen LogP) is 3.44. The Morgan fingerprint density at radius 2 is 1.81 bits per heavy atom. The molecule has 0 aliphatic rings. The van der Waals surface area contributed by atoms with Crippen LogP contribution in [0.4, 0.5) is 0 Å². The molecule has 0 aromatic heterocycles. The second kappa shape index (κ2) is 10.4. The summed E-state index contributed by atoms with van der Waals surface area (Å²) in [5.41, 5.74) is 0.269. The lowest BCUT2D eigenvalue weighted by Gasteiger charge is -2.29. The predicted molar refractivity (Wildman–Crippen MR) is 72.3 cm³/mol. The van der Waals surface area contributed by atoms with Crippen LogP contribution in [-0.4, -0.2) is 32.2 Å². The molecule has 0 saturated heterocycles. The molecule has 0 bridgehead atoms. The molecule has 0 unspecified atom stereocenters. The van der Waals surface area contributed by atoms with Gasteiger partial charge in [0.25, 0.3) is 0 Å². The van der Waals surface area contributed by atoms with Crippen molar-refractivity contribution in [2.45, 2.75) is 46.5 Å². The molecule has 0 atom stereocenters. The van der Waals surface area contributed by atoms with Gasteiger partial charge in [-0.05, 0) is 24.7 Å². The molecule has 0 radical (unpaired) electrons. The Balaban J connectivity index is 3.48. The van der Waals surface area contributed by atoms with Gasteiger partial charge < -0.3 is 10.1 Å². The summed E-state index contributed by atoms with van der Waals surface area (Å²) in [6.45, 7) is 10.2. The third-order valence-electron chi connectivity index (χ3n) is 3.35. The Morgan fingerprint density at radius 1 is 1.12 bits per heavy atom. The molecule has 0 aromatic carbocycles. The molecule has 0 aromatic rings. The summed E-state index contributed by atoms with van der Waals surface area (Å²) in [5, 5.41) is 3.45. The number of unbranched alkanes of at least 4 members (excludes halogenated alkanes) is 1. The summed E-state index contributed by atoms with van der Waals surface area (Å²) in [6.07, 6.45) is 4.64. The second-order valence-corrected chi connectivity index (χ2v) is 4.75. The van der Waals surface area contributed by atoms with Crippen LogP contribution in [0.2, 0.25) is 0 Å². The third kappa shape index (κ3) is 6.72. The normalized spacial score (nSPS) is 12.0. The maximum absolute atomic E-state index is 6.03. The summed E-state index contributed by atoms with van der Waals surface area (Å²) >= 11 is 6.03. The molecule has 2 nitrogen and oxygen atoms in total. The fraction of sp³-hybridized carbons (Fsp3) is 1.00. The molecule has 0 fully saturated rings. The van der Waals surface area contributed by atoms with Crippen LogP contribution in [0.5, 0.6) is 0 Å². The Bertz CT molecular complexity index is 141. The van der Waals surface area contributed by atoms with Gasteiger partial charge in [0, 0.05) is 25.6 Å². The molecular weight excluding hydrogens is 222 g/mol. The molecule has 0 spiro atoms. The van der Waals surface area contributed by atoms with Crippen LogP contribution in [0.3, 0.4) is 0 Å². The molecule has 0 heterocycles. The molecule has 0 amide bonds. The van der Waals surface area contributed by atoms with Gasteiger partial charge in [0.05, 0.1) is 6.61 Å². The monoisotopic (exact) mass is 249 g/mol. The van der Waals surface area contributed by atoms with Crippen LogP contribution in [0, 0.1) is 5.41 Å². The second-order valence-electron chi connectivity index (χ2n) is 4.48. The number of alkyl halides is 1. The zero-order valence-corrected chi connectivity index (χ0v) is 11.9. The van der Waals surface area contributed by atoms with Crippen LogP contribution in [0.25, 0.3) is 0 Å². The van der Waals surface area contributed by atoms with E-state index in [1.165, 1.54) is 6.42 Å². The number of halogens is 1. The van der Waals surface area contributed by atoms with E-state index in [1.54, 1.807) is 0 Å². The molecule has 0 rings (SSSR count). The van der Waals surface area contributed by atoms with E-state index in [0.717, 1.165) is 51.4 Å². The van der Waals surface area contributed by atoms with Gasteiger partial charge in [0.2, 0.25) is 0 Å². The van der Waals surface area contributed by atoms with E-state index in [-0.39, 0.29) is 5.41 Å². The summed E-state index contributed by atoms with van der Waals surface area (Å²) in [4.78, 5) is 0. The van der Waals surface area contributed by atoms with Crippen LogP contribution >= 0.6 is 11.6 Å². The number of hydrogen-bond donors (Lipinski definition) is 1. The van der Waals surface area contributed by atoms with Crippen molar-refractivity contribution in [2.24, 2.45) is 5.41 Å². The van der Waals surface area contributed by atoms with Crippen molar-refractivity contribution in [2.75, 3.05) is 32.2 Å². The highest BCUT2D eigenvalue weighted by atomic mass is 35.5. The quantitative estimate of drug-likeness (QED) is 0.448. The molecule has 0 saturated carbocycles. The maximum atomic E-state index is 6.03. The van der Waals surface area contributed by atoms with Gasteiger partial charge in [0.1, 0.15) is 0 Å². The average Bonchev–Trinajstić information content (AvgIpc) is 2.34. The lowest BCUT2D eigenvalue weighted by atomic mass is 9.84. The maximum Gasteiger partial charge on any atom is 0.0590 e. The third-order valence-corrected chi connectivity index (χ3v) is 3.92. The van der Waals surface area contributed by atoms with Crippen LogP contribution < -0.4 is 5.32 Å². The van der Waals surface area contributed by atoms with Crippen LogP contribution in [-0.2, 0) is 4.74 Å². The van der Waals surface area contributed by atoms with Gasteiger partial charge in [-0.2, -0.15) is 0 Å². The van der Waals surface area contributed by atoms with E-state index < -0.39 is 0 Å². The van der Waals surface area contributed by atoms with E-state index in [0.29, 0.717) is 0 Å². The molecular formula is C13H28ClNO. The molecule has 3 heteroatoms. The van der Waals surface area contributed by atoms with Crippen molar-refractivity contribution in [1.29, 1.82) is 0 Å². The first-order valence-corrected chi connectivity index (χ1v) is 7.12. The van der Waals surface area contributed by atoms with Gasteiger partial charge in [-0.3, -0.25) is 0 Å². The van der Waals surface area contributed by atoms with Gasteiger partial charge in [0.15, 0.2) is 0 Å². The van der Waals surface area contributed by atoms with Gasteiger partial charge in [-0.15, -0.1) is 11.6 Å². The first-order chi connectivity index (χ1) is 7.74. The SMILES string of the molecule is CCCCOCCNCC(CC)(CC)CCl. The number of nitrogens with one attached hydrogen (secondary N) is 1. The van der Waals surface area contributed by atoms with E-state index in [2.05, 4.69) is 26.1 Å². The van der Waals surface area contributed by atoms with Crippen molar-refractivity contribution < 1.29 is 4.74 Å². The van der Waals surface area contributed by atoms with E-state index in [4.69, 9.17) is 16.3 Å². The smallest absolute Gasteiger partial charge is 0.0590 e. The first-order valence-electron chi connectivity index (χ1n) is 6.59. The molecule has 16 heavy (non-hydrogen) atoms.